The zero-order valence-corrected chi connectivity index (χ0v) is 16.9. The Bertz CT molecular complexity index is 1290. The highest BCUT2D eigenvalue weighted by atomic mass is 32.1. The summed E-state index contributed by atoms with van der Waals surface area (Å²) in [5.41, 5.74) is 3.88. The fourth-order valence-electron chi connectivity index (χ4n) is 3.04. The molecule has 4 aromatic rings. The van der Waals surface area contributed by atoms with Crippen LogP contribution in [0.1, 0.15) is 15.9 Å². The minimum Gasteiger partial charge on any atom is -0.285 e. The molecule has 1 amide bonds. The van der Waals surface area contributed by atoms with Crippen LogP contribution in [0.25, 0.3) is 16.9 Å². The van der Waals surface area contributed by atoms with E-state index in [9.17, 15) is 14.9 Å². The molecular weight excluding hydrogens is 398 g/mol. The van der Waals surface area contributed by atoms with Crippen LogP contribution in [0.5, 0.6) is 0 Å². The van der Waals surface area contributed by atoms with Crippen molar-refractivity contribution in [3.8, 4) is 16.9 Å². The van der Waals surface area contributed by atoms with Gasteiger partial charge in [0.15, 0.2) is 4.80 Å². The van der Waals surface area contributed by atoms with Gasteiger partial charge in [-0.25, -0.2) is 0 Å². The molecule has 0 atom stereocenters. The molecule has 0 aliphatic carbocycles. The molecule has 0 aliphatic heterocycles. The molecule has 1 heterocycles. The largest absolute Gasteiger partial charge is 0.285 e. The highest BCUT2D eigenvalue weighted by molar-refractivity contribution is 7.07. The molecule has 0 spiro atoms. The van der Waals surface area contributed by atoms with Crippen molar-refractivity contribution < 1.29 is 9.72 Å². The average Bonchev–Trinajstić information content (AvgIpc) is 3.18. The smallest absolute Gasteiger partial charge is 0.279 e. The Hall–Kier alpha value is -3.84. The molecule has 0 radical (unpaired) electrons. The van der Waals surface area contributed by atoms with Gasteiger partial charge in [0.1, 0.15) is 0 Å². The van der Waals surface area contributed by atoms with Crippen LogP contribution in [0.15, 0.2) is 89.2 Å². The van der Waals surface area contributed by atoms with E-state index < -0.39 is 4.92 Å². The molecule has 0 bridgehead atoms. The quantitative estimate of drug-likeness (QED) is 0.341. The summed E-state index contributed by atoms with van der Waals surface area (Å²) in [6, 6.07) is 23.1. The molecular formula is C23H17N3O3S. The lowest BCUT2D eigenvalue weighted by Crippen LogP contribution is -2.16. The van der Waals surface area contributed by atoms with Crippen LogP contribution in [-0.4, -0.2) is 15.4 Å². The number of benzene rings is 3. The Balaban J connectivity index is 1.92. The minimum atomic E-state index is -0.437. The highest BCUT2D eigenvalue weighted by Gasteiger charge is 2.14. The van der Waals surface area contributed by atoms with Crippen LogP contribution < -0.4 is 4.80 Å². The van der Waals surface area contributed by atoms with Gasteiger partial charge >= 0.3 is 0 Å². The van der Waals surface area contributed by atoms with Crippen LogP contribution in [0.2, 0.25) is 0 Å². The molecule has 4 rings (SSSR count). The van der Waals surface area contributed by atoms with E-state index in [1.807, 2.05) is 42.6 Å². The number of hydrogen-bond acceptors (Lipinski definition) is 4. The predicted molar refractivity (Wildman–Crippen MR) is 117 cm³/mol. The Morgan fingerprint density at radius 1 is 1.00 bits per heavy atom. The summed E-state index contributed by atoms with van der Waals surface area (Å²) in [5.74, 6) is -0.368. The van der Waals surface area contributed by atoms with Crippen LogP contribution >= 0.6 is 11.3 Å². The van der Waals surface area contributed by atoms with E-state index >= 15 is 0 Å². The summed E-state index contributed by atoms with van der Waals surface area (Å²) in [5, 5.41) is 13.2. The van der Waals surface area contributed by atoms with Crippen molar-refractivity contribution in [2.24, 2.45) is 4.99 Å². The maximum absolute atomic E-state index is 12.7. The standard InChI is InChI=1S/C23H17N3O3S/c1-16-10-12-17(13-11-16)21-15-30-23(24-22(27)18-6-3-2-4-7-18)25(21)19-8-5-9-20(14-19)26(28)29/h2-15H,1H3. The monoisotopic (exact) mass is 415 g/mol. The Morgan fingerprint density at radius 2 is 1.73 bits per heavy atom. The Labute approximate surface area is 176 Å². The SMILES string of the molecule is Cc1ccc(-c2csc(=NC(=O)c3ccccc3)n2-c2cccc([N+](=O)[O-])c2)cc1. The number of rotatable bonds is 4. The van der Waals surface area contributed by atoms with Gasteiger partial charge in [-0.05, 0) is 30.7 Å². The zero-order valence-electron chi connectivity index (χ0n) is 16.1. The summed E-state index contributed by atoms with van der Waals surface area (Å²) in [7, 11) is 0. The molecule has 0 saturated carbocycles. The second kappa shape index (κ2) is 8.26. The van der Waals surface area contributed by atoms with Gasteiger partial charge in [0.25, 0.3) is 11.6 Å². The topological polar surface area (TPSA) is 77.5 Å². The lowest BCUT2D eigenvalue weighted by molar-refractivity contribution is -0.384. The number of aromatic nitrogens is 1. The molecule has 0 N–H and O–H groups in total. The van der Waals surface area contributed by atoms with E-state index in [0.717, 1.165) is 16.8 Å². The third-order valence-corrected chi connectivity index (χ3v) is 5.40. The molecule has 1 aromatic heterocycles. The molecule has 0 saturated heterocycles. The van der Waals surface area contributed by atoms with Gasteiger partial charge in [-0.1, -0.05) is 54.1 Å². The fourth-order valence-corrected chi connectivity index (χ4v) is 3.95. The van der Waals surface area contributed by atoms with Crippen molar-refractivity contribution in [1.82, 2.24) is 4.57 Å². The fraction of sp³-hybridized carbons (Fsp3) is 0.0435. The van der Waals surface area contributed by atoms with E-state index in [0.29, 0.717) is 16.1 Å². The number of amides is 1. The maximum Gasteiger partial charge on any atom is 0.279 e. The first-order valence-electron chi connectivity index (χ1n) is 9.19. The van der Waals surface area contributed by atoms with Crippen LogP contribution in [0.3, 0.4) is 0 Å². The van der Waals surface area contributed by atoms with E-state index in [1.54, 1.807) is 41.0 Å². The molecule has 6 nitrogen and oxygen atoms in total. The highest BCUT2D eigenvalue weighted by Crippen LogP contribution is 2.25. The molecule has 0 unspecified atom stereocenters. The third-order valence-electron chi connectivity index (χ3n) is 4.57. The average molecular weight is 415 g/mol. The van der Waals surface area contributed by atoms with Crippen molar-refractivity contribution in [3.63, 3.8) is 0 Å². The van der Waals surface area contributed by atoms with E-state index in [4.69, 9.17) is 0 Å². The second-order valence-electron chi connectivity index (χ2n) is 6.66. The van der Waals surface area contributed by atoms with Crippen LogP contribution in [0.4, 0.5) is 5.69 Å². The van der Waals surface area contributed by atoms with E-state index in [1.165, 1.54) is 23.5 Å². The summed E-state index contributed by atoms with van der Waals surface area (Å²) in [6.45, 7) is 2.01. The van der Waals surface area contributed by atoms with Crippen LogP contribution in [0, 0.1) is 17.0 Å². The zero-order chi connectivity index (χ0) is 21.1. The summed E-state index contributed by atoms with van der Waals surface area (Å²) >= 11 is 1.31. The van der Waals surface area contributed by atoms with Gasteiger partial charge < -0.3 is 0 Å². The van der Waals surface area contributed by atoms with Crippen molar-refractivity contribution in [2.45, 2.75) is 6.92 Å². The van der Waals surface area contributed by atoms with Gasteiger partial charge in [-0.2, -0.15) is 4.99 Å². The molecule has 7 heteroatoms. The number of nitro groups is 1. The van der Waals surface area contributed by atoms with Gasteiger partial charge in [0.2, 0.25) is 0 Å². The molecule has 0 fully saturated rings. The second-order valence-corrected chi connectivity index (χ2v) is 7.50. The number of non-ortho nitro benzene ring substituents is 1. The van der Waals surface area contributed by atoms with Gasteiger partial charge in [0, 0.05) is 23.1 Å². The molecule has 148 valence electrons. The number of carbonyl (C=O) groups is 1. The van der Waals surface area contributed by atoms with Crippen molar-refractivity contribution in [2.75, 3.05) is 0 Å². The van der Waals surface area contributed by atoms with Crippen molar-refractivity contribution in [3.05, 3.63) is 110 Å². The molecule has 3 aromatic carbocycles. The van der Waals surface area contributed by atoms with Crippen molar-refractivity contribution >= 4 is 22.9 Å². The normalized spacial score (nSPS) is 11.4. The maximum atomic E-state index is 12.7. The number of aryl methyl sites for hydroxylation is 1. The van der Waals surface area contributed by atoms with Crippen LogP contribution in [-0.2, 0) is 0 Å². The Morgan fingerprint density at radius 3 is 2.43 bits per heavy atom. The van der Waals surface area contributed by atoms with E-state index in [-0.39, 0.29) is 11.6 Å². The van der Waals surface area contributed by atoms with Gasteiger partial charge in [-0.3, -0.25) is 19.5 Å². The van der Waals surface area contributed by atoms with Gasteiger partial charge in [0.05, 0.1) is 16.3 Å². The lowest BCUT2D eigenvalue weighted by atomic mass is 10.1. The number of nitro benzene ring substituents is 1. The first-order chi connectivity index (χ1) is 14.5. The number of thiazole rings is 1. The van der Waals surface area contributed by atoms with Gasteiger partial charge in [-0.15, -0.1) is 11.3 Å². The number of hydrogen-bond donors (Lipinski definition) is 0. The lowest BCUT2D eigenvalue weighted by Gasteiger charge is -2.09. The predicted octanol–water partition coefficient (Wildman–Crippen LogP) is 5.16. The summed E-state index contributed by atoms with van der Waals surface area (Å²) < 4.78 is 1.78. The number of nitrogens with zero attached hydrogens (tertiary/aromatic N) is 3. The minimum absolute atomic E-state index is 0.0265. The molecule has 0 aliphatic rings. The Kier molecular flexibility index (Phi) is 5.36. The summed E-state index contributed by atoms with van der Waals surface area (Å²) in [4.78, 5) is 28.3. The van der Waals surface area contributed by atoms with E-state index in [2.05, 4.69) is 4.99 Å². The first kappa shape index (κ1) is 19.5. The summed E-state index contributed by atoms with van der Waals surface area (Å²) in [6.07, 6.45) is 0. The van der Waals surface area contributed by atoms with Crippen molar-refractivity contribution in [1.29, 1.82) is 0 Å². The first-order valence-corrected chi connectivity index (χ1v) is 10.1. The number of carbonyl (C=O) groups excluding carboxylic acids is 1. The third kappa shape index (κ3) is 3.97. The molecule has 30 heavy (non-hydrogen) atoms.